The minimum Gasteiger partial charge on any atom is -0.234 e. The molecule has 86 valence electrons. The Morgan fingerprint density at radius 3 is 1.35 bits per heavy atom. The molecule has 0 aliphatic heterocycles. The first kappa shape index (κ1) is 13.0. The third kappa shape index (κ3) is 5.50. The summed E-state index contributed by atoms with van der Waals surface area (Å²) in [5.74, 6) is 1.25. The summed E-state index contributed by atoms with van der Waals surface area (Å²) in [7, 11) is 0. The molecule has 0 aliphatic rings. The van der Waals surface area contributed by atoms with Gasteiger partial charge in [0.1, 0.15) is 5.94 Å². The predicted octanol–water partition coefficient (Wildman–Crippen LogP) is 3.48. The van der Waals surface area contributed by atoms with Crippen LogP contribution in [0.25, 0.3) is 0 Å². The van der Waals surface area contributed by atoms with Gasteiger partial charge in [-0.2, -0.15) is 0 Å². The van der Waals surface area contributed by atoms with E-state index in [4.69, 9.17) is 4.79 Å². The van der Waals surface area contributed by atoms with E-state index in [9.17, 15) is 0 Å². The zero-order valence-corrected chi connectivity index (χ0v) is 9.80. The number of rotatable bonds is 3. The minimum absolute atomic E-state index is 1.13. The summed E-state index contributed by atoms with van der Waals surface area (Å²) in [6.45, 7) is 2.68. The second-order valence-electron chi connectivity index (χ2n) is 3.62. The fourth-order valence-corrected chi connectivity index (χ4v) is 1.58. The topological polar surface area (TPSA) is 17.1 Å². The third-order valence-electron chi connectivity index (χ3n) is 2.39. The zero-order chi connectivity index (χ0) is 12.3. The van der Waals surface area contributed by atoms with Gasteiger partial charge in [-0.3, -0.25) is 0 Å². The fraction of sp³-hybridized carbons (Fsp3) is 0.125. The molecule has 0 unspecified atom stereocenters. The quantitative estimate of drug-likeness (QED) is 0.729. The lowest BCUT2D eigenvalue weighted by Crippen LogP contribution is -1.89. The highest BCUT2D eigenvalue weighted by atomic mass is 16.1. The van der Waals surface area contributed by atoms with Gasteiger partial charge in [-0.15, -0.1) is 0 Å². The van der Waals surface area contributed by atoms with Crippen molar-refractivity contribution in [2.24, 2.45) is 0 Å². The number of hydrogen-bond acceptors (Lipinski definition) is 1. The molecule has 17 heavy (non-hydrogen) atoms. The maximum Gasteiger partial charge on any atom is 0.116 e. The van der Waals surface area contributed by atoms with Gasteiger partial charge < -0.3 is 0 Å². The number of benzene rings is 2. The van der Waals surface area contributed by atoms with E-state index < -0.39 is 0 Å². The van der Waals surface area contributed by atoms with Gasteiger partial charge in [0, 0.05) is 0 Å². The first-order chi connectivity index (χ1) is 8.36. The first-order valence-corrected chi connectivity index (χ1v) is 5.59. The van der Waals surface area contributed by atoms with Crippen molar-refractivity contribution in [2.45, 2.75) is 12.8 Å². The normalized spacial score (nSPS) is 8.71. The highest BCUT2D eigenvalue weighted by Crippen LogP contribution is 2.06. The molecule has 1 heteroatoms. The van der Waals surface area contributed by atoms with E-state index >= 15 is 0 Å². The van der Waals surface area contributed by atoms with Crippen LogP contribution in [0.3, 0.4) is 0 Å². The first-order valence-electron chi connectivity index (χ1n) is 5.59. The van der Waals surface area contributed by atoms with Crippen molar-refractivity contribution < 1.29 is 4.79 Å². The van der Waals surface area contributed by atoms with Crippen molar-refractivity contribution in [3.8, 4) is 0 Å². The molecular formula is C16H16O. The average molecular weight is 224 g/mol. The maximum atomic E-state index is 8.57. The molecule has 0 atom stereocenters. The lowest BCUT2D eigenvalue weighted by Gasteiger charge is -2.01. The second kappa shape index (κ2) is 8.09. The predicted molar refractivity (Wildman–Crippen MR) is 71.6 cm³/mol. The van der Waals surface area contributed by atoms with E-state index in [2.05, 4.69) is 67.2 Å². The Morgan fingerprint density at radius 1 is 0.765 bits per heavy atom. The monoisotopic (exact) mass is 224 g/mol. The van der Waals surface area contributed by atoms with E-state index in [-0.39, 0.29) is 0 Å². The second-order valence-corrected chi connectivity index (χ2v) is 3.62. The summed E-state index contributed by atoms with van der Waals surface area (Å²) in [6, 6.07) is 21.2. The Morgan fingerprint density at radius 2 is 1.06 bits per heavy atom. The van der Waals surface area contributed by atoms with E-state index in [1.165, 1.54) is 17.1 Å². The van der Waals surface area contributed by atoms with Crippen LogP contribution in [0.4, 0.5) is 0 Å². The molecule has 0 bridgehead atoms. The molecule has 0 N–H and O–H groups in total. The molecule has 2 aromatic carbocycles. The molecule has 0 saturated carbocycles. The Balaban J connectivity index is 0.000000437. The lowest BCUT2D eigenvalue weighted by atomic mass is 10.0. The molecule has 1 nitrogen and oxygen atoms in total. The van der Waals surface area contributed by atoms with Gasteiger partial charge in [-0.1, -0.05) is 60.7 Å². The lowest BCUT2D eigenvalue weighted by molar-refractivity contribution is 0.569. The molecule has 0 radical (unpaired) electrons. The summed E-state index contributed by atoms with van der Waals surface area (Å²) in [4.78, 5) is 8.57. The standard InChI is InChI=1S/C14H14.C2H2O/c1-3-7-13(8-4-1)11-12-14-9-5-2-6-10-14;1-2-3/h1-10H,11-12H2;1H2. The van der Waals surface area contributed by atoms with Gasteiger partial charge in [-0.25, -0.2) is 4.79 Å². The van der Waals surface area contributed by atoms with Crippen LogP contribution in [-0.2, 0) is 17.6 Å². The van der Waals surface area contributed by atoms with Gasteiger partial charge in [0.2, 0.25) is 0 Å². The highest BCUT2D eigenvalue weighted by Gasteiger charge is 1.93. The maximum absolute atomic E-state index is 8.57. The molecule has 0 amide bonds. The molecule has 0 fully saturated rings. The average Bonchev–Trinajstić information content (AvgIpc) is 2.40. The van der Waals surface area contributed by atoms with Crippen LogP contribution in [0.1, 0.15) is 11.1 Å². The summed E-state index contributed by atoms with van der Waals surface area (Å²) in [5, 5.41) is 0. The number of hydrogen-bond donors (Lipinski definition) is 0. The summed E-state index contributed by atoms with van der Waals surface area (Å²) in [5.41, 5.74) is 2.83. The van der Waals surface area contributed by atoms with Crippen LogP contribution in [0.2, 0.25) is 0 Å². The van der Waals surface area contributed by atoms with E-state index in [1.54, 1.807) is 0 Å². The Labute approximate surface area is 102 Å². The van der Waals surface area contributed by atoms with Gasteiger partial charge in [-0.05, 0) is 30.5 Å². The molecule has 0 heterocycles. The van der Waals surface area contributed by atoms with Crippen LogP contribution in [0, 0.1) is 0 Å². The van der Waals surface area contributed by atoms with Crippen molar-refractivity contribution in [3.63, 3.8) is 0 Å². The van der Waals surface area contributed by atoms with E-state index in [0.717, 1.165) is 12.8 Å². The van der Waals surface area contributed by atoms with Gasteiger partial charge in [0.25, 0.3) is 0 Å². The molecule has 0 spiro atoms. The zero-order valence-electron chi connectivity index (χ0n) is 9.80. The van der Waals surface area contributed by atoms with Crippen LogP contribution < -0.4 is 0 Å². The summed E-state index contributed by atoms with van der Waals surface area (Å²) in [6.07, 6.45) is 2.26. The molecule has 0 saturated heterocycles. The van der Waals surface area contributed by atoms with Gasteiger partial charge >= 0.3 is 0 Å². The van der Waals surface area contributed by atoms with Gasteiger partial charge in [0.15, 0.2) is 0 Å². The Bertz CT molecular complexity index is 400. The fourth-order valence-electron chi connectivity index (χ4n) is 1.58. The molecule has 2 rings (SSSR count). The van der Waals surface area contributed by atoms with Crippen molar-refractivity contribution in [3.05, 3.63) is 78.4 Å². The molecule has 0 aliphatic carbocycles. The van der Waals surface area contributed by atoms with Crippen molar-refractivity contribution in [1.82, 2.24) is 0 Å². The van der Waals surface area contributed by atoms with E-state index in [0.29, 0.717) is 0 Å². The number of carbonyl (C=O) groups excluding carboxylic acids is 1. The SMILES string of the molecule is C=C=O.c1ccc(CCc2ccccc2)cc1. The van der Waals surface area contributed by atoms with Crippen molar-refractivity contribution in [1.29, 1.82) is 0 Å². The van der Waals surface area contributed by atoms with Crippen LogP contribution in [0.5, 0.6) is 0 Å². The smallest absolute Gasteiger partial charge is 0.116 e. The number of aryl methyl sites for hydroxylation is 2. The Hall–Kier alpha value is -2.11. The van der Waals surface area contributed by atoms with Crippen LogP contribution in [0.15, 0.2) is 67.2 Å². The highest BCUT2D eigenvalue weighted by molar-refractivity contribution is 5.38. The summed E-state index contributed by atoms with van der Waals surface area (Å²) < 4.78 is 0. The Kier molecular flexibility index (Phi) is 6.17. The van der Waals surface area contributed by atoms with Crippen molar-refractivity contribution >= 4 is 5.94 Å². The summed E-state index contributed by atoms with van der Waals surface area (Å²) >= 11 is 0. The molecule has 2 aromatic rings. The minimum atomic E-state index is 1.13. The largest absolute Gasteiger partial charge is 0.234 e. The van der Waals surface area contributed by atoms with Crippen LogP contribution in [-0.4, -0.2) is 5.94 Å². The van der Waals surface area contributed by atoms with Gasteiger partial charge in [0.05, 0.1) is 0 Å². The van der Waals surface area contributed by atoms with Crippen molar-refractivity contribution in [2.75, 3.05) is 0 Å². The third-order valence-corrected chi connectivity index (χ3v) is 2.39. The van der Waals surface area contributed by atoms with E-state index in [1.807, 2.05) is 0 Å². The molecular weight excluding hydrogens is 208 g/mol. The van der Waals surface area contributed by atoms with Crippen LogP contribution >= 0.6 is 0 Å². The molecule has 0 aromatic heterocycles.